The normalized spacial score (nSPS) is 10.5. The molecule has 0 aliphatic heterocycles. The summed E-state index contributed by atoms with van der Waals surface area (Å²) >= 11 is 0. The van der Waals surface area contributed by atoms with Crippen LogP contribution in [-0.4, -0.2) is 32.1 Å². The number of urea groups is 1. The Morgan fingerprint density at radius 3 is 2.28 bits per heavy atom. The number of nitrogens with zero attached hydrogens (tertiary/aromatic N) is 1. The average Bonchev–Trinajstić information content (AvgIpc) is 2.35. The van der Waals surface area contributed by atoms with Gasteiger partial charge >= 0.3 is 12.1 Å². The number of rotatable bonds is 2. The summed E-state index contributed by atoms with van der Waals surface area (Å²) in [5.41, 5.74) is 6.48. The van der Waals surface area contributed by atoms with Crippen molar-refractivity contribution < 1.29 is 22.7 Å². The number of amides is 3. The Kier molecular flexibility index (Phi) is 4.10. The van der Waals surface area contributed by atoms with Gasteiger partial charge in [0.2, 0.25) is 0 Å². The second-order valence-electron chi connectivity index (χ2n) is 3.03. The lowest BCUT2D eigenvalue weighted by molar-refractivity contribution is 0.138. The van der Waals surface area contributed by atoms with Gasteiger partial charge in [-0.3, -0.25) is 0 Å². The molecule has 0 saturated carbocycles. The van der Waals surface area contributed by atoms with E-state index < -0.39 is 22.1 Å². The zero-order chi connectivity index (χ0) is 13.8. The van der Waals surface area contributed by atoms with Crippen LogP contribution in [0.5, 0.6) is 0 Å². The van der Waals surface area contributed by atoms with Crippen molar-refractivity contribution in [2.45, 2.75) is 4.90 Å². The SMILES string of the molecule is COC(=O)N(NC(N)=O)S(=O)(=O)c1ccccc1. The molecular formula is C9H11N3O5S. The highest BCUT2D eigenvalue weighted by Gasteiger charge is 2.31. The third-order valence-corrected chi connectivity index (χ3v) is 3.42. The van der Waals surface area contributed by atoms with Gasteiger partial charge in [0.25, 0.3) is 10.0 Å². The summed E-state index contributed by atoms with van der Waals surface area (Å²) < 4.78 is 28.3. The van der Waals surface area contributed by atoms with Crippen LogP contribution in [0, 0.1) is 0 Å². The highest BCUT2D eigenvalue weighted by molar-refractivity contribution is 7.89. The summed E-state index contributed by atoms with van der Waals surface area (Å²) in [7, 11) is -3.29. The van der Waals surface area contributed by atoms with E-state index in [-0.39, 0.29) is 9.31 Å². The number of carbonyl (C=O) groups is 2. The Morgan fingerprint density at radius 2 is 1.83 bits per heavy atom. The number of sulfonamides is 1. The van der Waals surface area contributed by atoms with Crippen molar-refractivity contribution >= 4 is 22.1 Å². The van der Waals surface area contributed by atoms with Gasteiger partial charge in [-0.05, 0) is 12.1 Å². The lowest BCUT2D eigenvalue weighted by Gasteiger charge is -2.20. The molecule has 0 heterocycles. The first-order valence-electron chi connectivity index (χ1n) is 4.64. The number of hydrogen-bond acceptors (Lipinski definition) is 5. The second-order valence-corrected chi connectivity index (χ2v) is 4.82. The second kappa shape index (κ2) is 5.36. The van der Waals surface area contributed by atoms with E-state index in [9.17, 15) is 18.0 Å². The molecular weight excluding hydrogens is 262 g/mol. The van der Waals surface area contributed by atoms with Crippen molar-refractivity contribution in [2.75, 3.05) is 7.11 Å². The van der Waals surface area contributed by atoms with E-state index >= 15 is 0 Å². The summed E-state index contributed by atoms with van der Waals surface area (Å²) in [6, 6.07) is 5.84. The van der Waals surface area contributed by atoms with Crippen molar-refractivity contribution in [1.29, 1.82) is 0 Å². The van der Waals surface area contributed by atoms with E-state index in [1.807, 2.05) is 0 Å². The van der Waals surface area contributed by atoms with Crippen LogP contribution in [-0.2, 0) is 14.8 Å². The van der Waals surface area contributed by atoms with E-state index in [0.717, 1.165) is 7.11 Å². The van der Waals surface area contributed by atoms with Gasteiger partial charge in [0.05, 0.1) is 12.0 Å². The first-order chi connectivity index (χ1) is 8.39. The number of nitrogens with one attached hydrogen (secondary N) is 1. The fourth-order valence-electron chi connectivity index (χ4n) is 1.08. The summed E-state index contributed by atoms with van der Waals surface area (Å²) in [6.07, 6.45) is -1.28. The molecule has 0 aromatic heterocycles. The topological polar surface area (TPSA) is 119 Å². The largest absolute Gasteiger partial charge is 0.451 e. The number of ether oxygens (including phenoxy) is 1. The Morgan fingerprint density at radius 1 is 1.28 bits per heavy atom. The average molecular weight is 273 g/mol. The van der Waals surface area contributed by atoms with Crippen molar-refractivity contribution in [3.05, 3.63) is 30.3 Å². The fourth-order valence-corrected chi connectivity index (χ4v) is 2.28. The Bertz CT molecular complexity index is 543. The van der Waals surface area contributed by atoms with Crippen LogP contribution in [0.1, 0.15) is 0 Å². The predicted molar refractivity (Wildman–Crippen MR) is 60.6 cm³/mol. The van der Waals surface area contributed by atoms with Crippen LogP contribution in [0.3, 0.4) is 0 Å². The van der Waals surface area contributed by atoms with E-state index in [1.165, 1.54) is 24.3 Å². The number of nitrogens with two attached hydrogens (primary N) is 1. The van der Waals surface area contributed by atoms with Crippen LogP contribution in [0.15, 0.2) is 35.2 Å². The molecule has 1 rings (SSSR count). The standard InChI is InChI=1S/C9H11N3O5S/c1-17-9(14)12(11-8(10)13)18(15,16)7-5-3-2-4-6-7/h2-6H,1H3,(H3,10,11,13). The van der Waals surface area contributed by atoms with E-state index in [2.05, 4.69) is 4.74 Å². The van der Waals surface area contributed by atoms with Crippen molar-refractivity contribution in [2.24, 2.45) is 5.73 Å². The van der Waals surface area contributed by atoms with E-state index in [0.29, 0.717) is 0 Å². The minimum absolute atomic E-state index is 0.0324. The molecule has 8 nitrogen and oxygen atoms in total. The van der Waals surface area contributed by atoms with Gasteiger partial charge in [-0.1, -0.05) is 18.2 Å². The Balaban J connectivity index is 3.20. The summed E-state index contributed by atoms with van der Waals surface area (Å²) in [5.74, 6) is 0. The molecule has 98 valence electrons. The molecule has 18 heavy (non-hydrogen) atoms. The summed E-state index contributed by atoms with van der Waals surface area (Å²) in [4.78, 5) is 21.8. The van der Waals surface area contributed by atoms with Gasteiger partial charge in [-0.25, -0.2) is 15.0 Å². The zero-order valence-corrected chi connectivity index (χ0v) is 10.2. The Labute approximate surface area is 103 Å². The molecule has 0 radical (unpaired) electrons. The molecule has 0 atom stereocenters. The van der Waals surface area contributed by atoms with Gasteiger partial charge in [0.15, 0.2) is 0 Å². The van der Waals surface area contributed by atoms with Gasteiger partial charge < -0.3 is 10.5 Å². The minimum Gasteiger partial charge on any atom is -0.451 e. The molecule has 1 aromatic rings. The van der Waals surface area contributed by atoms with Gasteiger partial charge in [0.1, 0.15) is 0 Å². The Hall–Kier alpha value is -2.29. The lowest BCUT2D eigenvalue weighted by atomic mass is 10.4. The minimum atomic E-state index is -4.26. The molecule has 3 N–H and O–H groups in total. The highest BCUT2D eigenvalue weighted by Crippen LogP contribution is 2.13. The molecule has 0 aliphatic rings. The number of carbonyl (C=O) groups excluding carboxylic acids is 2. The van der Waals surface area contributed by atoms with E-state index in [1.54, 1.807) is 11.5 Å². The van der Waals surface area contributed by atoms with Gasteiger partial charge in [-0.15, -0.1) is 4.41 Å². The third-order valence-electron chi connectivity index (χ3n) is 1.83. The summed E-state index contributed by atoms with van der Waals surface area (Å²) in [5, 5.41) is 0. The number of hydrogen-bond donors (Lipinski definition) is 2. The van der Waals surface area contributed by atoms with Crippen LogP contribution < -0.4 is 11.2 Å². The molecule has 0 bridgehead atoms. The third kappa shape index (κ3) is 2.88. The van der Waals surface area contributed by atoms with Crippen LogP contribution in [0.4, 0.5) is 9.59 Å². The number of hydrazine groups is 1. The number of benzene rings is 1. The smallest absolute Gasteiger partial charge is 0.443 e. The quantitative estimate of drug-likeness (QED) is 0.736. The summed E-state index contributed by atoms with van der Waals surface area (Å²) in [6.45, 7) is 0. The number of primary amides is 1. The molecule has 0 unspecified atom stereocenters. The lowest BCUT2D eigenvalue weighted by Crippen LogP contribution is -2.51. The highest BCUT2D eigenvalue weighted by atomic mass is 32.2. The van der Waals surface area contributed by atoms with Gasteiger partial charge in [0, 0.05) is 0 Å². The van der Waals surface area contributed by atoms with Crippen molar-refractivity contribution in [1.82, 2.24) is 9.84 Å². The fraction of sp³-hybridized carbons (Fsp3) is 0.111. The number of methoxy groups -OCH3 is 1. The molecule has 9 heteroatoms. The van der Waals surface area contributed by atoms with Gasteiger partial charge in [-0.2, -0.15) is 8.42 Å². The van der Waals surface area contributed by atoms with Crippen LogP contribution >= 0.6 is 0 Å². The first kappa shape index (κ1) is 13.8. The molecule has 0 aliphatic carbocycles. The maximum atomic E-state index is 12.0. The van der Waals surface area contributed by atoms with Crippen molar-refractivity contribution in [3.8, 4) is 0 Å². The predicted octanol–water partition coefficient (Wildman–Crippen LogP) is 0.0270. The van der Waals surface area contributed by atoms with Crippen LogP contribution in [0.25, 0.3) is 0 Å². The monoisotopic (exact) mass is 273 g/mol. The molecule has 0 spiro atoms. The molecule has 1 aromatic carbocycles. The molecule has 0 saturated heterocycles. The zero-order valence-electron chi connectivity index (χ0n) is 9.36. The first-order valence-corrected chi connectivity index (χ1v) is 6.08. The molecule has 3 amide bonds. The molecule has 0 fully saturated rings. The maximum Gasteiger partial charge on any atom is 0.443 e. The van der Waals surface area contributed by atoms with Crippen LogP contribution in [0.2, 0.25) is 0 Å². The maximum absolute atomic E-state index is 12.0. The van der Waals surface area contributed by atoms with E-state index in [4.69, 9.17) is 5.73 Å². The van der Waals surface area contributed by atoms with Crippen molar-refractivity contribution in [3.63, 3.8) is 0 Å².